The van der Waals surface area contributed by atoms with E-state index in [1.807, 2.05) is 10.7 Å². The molecular weight excluding hydrogens is 307 g/mol. The predicted molar refractivity (Wildman–Crippen MR) is 76.4 cm³/mol. The van der Waals surface area contributed by atoms with Crippen LogP contribution in [0.15, 0.2) is 18.2 Å². The van der Waals surface area contributed by atoms with Gasteiger partial charge in [-0.2, -0.15) is 23.5 Å². The normalized spacial score (nSPS) is 14.2. The Morgan fingerprint density at radius 2 is 2.13 bits per heavy atom. The van der Waals surface area contributed by atoms with Crippen molar-refractivity contribution in [1.82, 2.24) is 14.8 Å². The molecule has 1 aliphatic heterocycles. The molecule has 0 bridgehead atoms. The number of nitrogens with zero attached hydrogens (tertiary/aromatic N) is 4. The summed E-state index contributed by atoms with van der Waals surface area (Å²) in [6.45, 7) is 1.25. The fourth-order valence-corrected chi connectivity index (χ4v) is 2.62. The average Bonchev–Trinajstić information content (AvgIpc) is 2.94. The van der Waals surface area contributed by atoms with Crippen LogP contribution in [0.25, 0.3) is 0 Å². The first-order valence-electron chi connectivity index (χ1n) is 7.25. The van der Waals surface area contributed by atoms with Gasteiger partial charge in [-0.3, -0.25) is 4.68 Å². The van der Waals surface area contributed by atoms with Crippen molar-refractivity contribution in [1.29, 1.82) is 5.26 Å². The number of hydrogen-bond acceptors (Lipinski definition) is 4. The number of rotatable bonds is 3. The van der Waals surface area contributed by atoms with Crippen molar-refractivity contribution in [3.8, 4) is 6.07 Å². The Balaban J connectivity index is 1.73. The lowest BCUT2D eigenvalue weighted by Crippen LogP contribution is -2.12. The van der Waals surface area contributed by atoms with E-state index >= 15 is 0 Å². The van der Waals surface area contributed by atoms with E-state index in [-0.39, 0.29) is 5.82 Å². The Kier molecular flexibility index (Phi) is 3.94. The third-order valence-corrected chi connectivity index (χ3v) is 3.72. The molecule has 0 saturated heterocycles. The van der Waals surface area contributed by atoms with E-state index in [1.165, 1.54) is 17.8 Å². The smallest absolute Gasteiger partial charge is 0.364 e. The SMILES string of the molecule is N#Cc1nc(NCc2cc3n(n2)CCCC3)ccc1C(F)(F)F. The van der Waals surface area contributed by atoms with Crippen LogP contribution in [0.2, 0.25) is 0 Å². The quantitative estimate of drug-likeness (QED) is 0.943. The first kappa shape index (κ1) is 15.3. The average molecular weight is 321 g/mol. The molecule has 0 radical (unpaired) electrons. The summed E-state index contributed by atoms with van der Waals surface area (Å²) in [5.74, 6) is 0.223. The summed E-state index contributed by atoms with van der Waals surface area (Å²) in [5, 5.41) is 16.2. The summed E-state index contributed by atoms with van der Waals surface area (Å²) < 4.78 is 40.1. The number of nitriles is 1. The number of aromatic nitrogens is 3. The molecule has 23 heavy (non-hydrogen) atoms. The molecule has 1 N–H and O–H groups in total. The van der Waals surface area contributed by atoms with E-state index in [2.05, 4.69) is 15.4 Å². The number of anilines is 1. The van der Waals surface area contributed by atoms with E-state index in [1.54, 1.807) is 0 Å². The fraction of sp³-hybridized carbons (Fsp3) is 0.400. The second-order valence-electron chi connectivity index (χ2n) is 5.36. The molecule has 3 heterocycles. The van der Waals surface area contributed by atoms with Crippen LogP contribution in [0.4, 0.5) is 19.0 Å². The molecule has 8 heteroatoms. The van der Waals surface area contributed by atoms with Gasteiger partial charge in [-0.1, -0.05) is 0 Å². The molecular formula is C15H14F3N5. The van der Waals surface area contributed by atoms with Gasteiger partial charge in [0.25, 0.3) is 0 Å². The number of pyridine rings is 1. The van der Waals surface area contributed by atoms with Gasteiger partial charge in [-0.25, -0.2) is 4.98 Å². The molecule has 0 atom stereocenters. The summed E-state index contributed by atoms with van der Waals surface area (Å²) in [6, 6.07) is 5.57. The molecule has 3 rings (SSSR count). The summed E-state index contributed by atoms with van der Waals surface area (Å²) in [4.78, 5) is 3.73. The zero-order valence-electron chi connectivity index (χ0n) is 12.2. The van der Waals surface area contributed by atoms with Gasteiger partial charge < -0.3 is 5.32 Å². The molecule has 0 aromatic carbocycles. The summed E-state index contributed by atoms with van der Waals surface area (Å²) >= 11 is 0. The Bertz CT molecular complexity index is 734. The molecule has 120 valence electrons. The maximum absolute atomic E-state index is 12.7. The van der Waals surface area contributed by atoms with Gasteiger partial charge in [-0.15, -0.1) is 0 Å². The van der Waals surface area contributed by atoms with Crippen molar-refractivity contribution in [2.45, 2.75) is 38.5 Å². The highest BCUT2D eigenvalue weighted by Gasteiger charge is 2.34. The molecule has 0 fully saturated rings. The second kappa shape index (κ2) is 5.91. The van der Waals surface area contributed by atoms with Crippen LogP contribution in [0, 0.1) is 11.3 Å². The summed E-state index contributed by atoms with van der Waals surface area (Å²) in [5.41, 5.74) is 0.322. The maximum Gasteiger partial charge on any atom is 0.419 e. The van der Waals surface area contributed by atoms with E-state index in [9.17, 15) is 13.2 Å². The molecule has 0 spiro atoms. The van der Waals surface area contributed by atoms with Crippen molar-refractivity contribution in [2.24, 2.45) is 0 Å². The molecule has 5 nitrogen and oxygen atoms in total. The fourth-order valence-electron chi connectivity index (χ4n) is 2.62. The molecule has 0 aliphatic carbocycles. The van der Waals surface area contributed by atoms with Gasteiger partial charge in [0.2, 0.25) is 0 Å². The molecule has 0 saturated carbocycles. The maximum atomic E-state index is 12.7. The minimum Gasteiger partial charge on any atom is -0.364 e. The topological polar surface area (TPSA) is 66.5 Å². The number of hydrogen-bond donors (Lipinski definition) is 1. The van der Waals surface area contributed by atoms with Crippen molar-refractivity contribution in [2.75, 3.05) is 5.32 Å². The number of nitrogens with one attached hydrogen (secondary N) is 1. The van der Waals surface area contributed by atoms with Crippen molar-refractivity contribution in [3.63, 3.8) is 0 Å². The van der Waals surface area contributed by atoms with Gasteiger partial charge in [-0.05, 0) is 37.5 Å². The van der Waals surface area contributed by atoms with Crippen LogP contribution in [0.3, 0.4) is 0 Å². The van der Waals surface area contributed by atoms with Crippen molar-refractivity contribution >= 4 is 5.82 Å². The van der Waals surface area contributed by atoms with Crippen LogP contribution in [0.5, 0.6) is 0 Å². The standard InChI is InChI=1S/C15H14F3N5/c16-15(17,18)12-4-5-14(21-13(12)8-19)20-9-10-7-11-3-1-2-6-23(11)22-10/h4-5,7H,1-3,6,9H2,(H,20,21). The Morgan fingerprint density at radius 3 is 2.83 bits per heavy atom. The van der Waals surface area contributed by atoms with E-state index in [0.29, 0.717) is 6.54 Å². The number of aryl methyl sites for hydroxylation is 2. The summed E-state index contributed by atoms with van der Waals surface area (Å²) in [6.07, 6.45) is -1.35. The molecule has 1 aliphatic rings. The van der Waals surface area contributed by atoms with Crippen LogP contribution in [-0.4, -0.2) is 14.8 Å². The van der Waals surface area contributed by atoms with Crippen LogP contribution < -0.4 is 5.32 Å². The monoisotopic (exact) mass is 321 g/mol. The molecule has 2 aromatic rings. The third-order valence-electron chi connectivity index (χ3n) is 3.72. The lowest BCUT2D eigenvalue weighted by atomic mass is 10.1. The first-order chi connectivity index (χ1) is 11.0. The lowest BCUT2D eigenvalue weighted by molar-refractivity contribution is -0.138. The van der Waals surface area contributed by atoms with Gasteiger partial charge in [0.05, 0.1) is 17.8 Å². The molecule has 2 aromatic heterocycles. The number of halogens is 3. The summed E-state index contributed by atoms with van der Waals surface area (Å²) in [7, 11) is 0. The second-order valence-corrected chi connectivity index (χ2v) is 5.36. The van der Waals surface area contributed by atoms with Gasteiger partial charge in [0.1, 0.15) is 11.9 Å². The molecule has 0 unspecified atom stereocenters. The zero-order valence-corrected chi connectivity index (χ0v) is 12.2. The van der Waals surface area contributed by atoms with E-state index in [0.717, 1.165) is 37.6 Å². The highest BCUT2D eigenvalue weighted by atomic mass is 19.4. The predicted octanol–water partition coefficient (Wildman–Crippen LogP) is 3.12. The Morgan fingerprint density at radius 1 is 1.30 bits per heavy atom. The van der Waals surface area contributed by atoms with Crippen LogP contribution in [-0.2, 0) is 25.7 Å². The Labute approximate surface area is 130 Å². The van der Waals surface area contributed by atoms with Crippen LogP contribution >= 0.6 is 0 Å². The van der Waals surface area contributed by atoms with Crippen molar-refractivity contribution in [3.05, 3.63) is 40.8 Å². The first-order valence-corrected chi connectivity index (χ1v) is 7.25. The van der Waals surface area contributed by atoms with E-state index in [4.69, 9.17) is 5.26 Å². The highest BCUT2D eigenvalue weighted by molar-refractivity contribution is 5.44. The zero-order chi connectivity index (χ0) is 16.4. The minimum atomic E-state index is -4.58. The van der Waals surface area contributed by atoms with Gasteiger partial charge in [0, 0.05) is 12.2 Å². The third kappa shape index (κ3) is 3.28. The number of fused-ring (bicyclic) bond motifs is 1. The Hall–Kier alpha value is -2.56. The van der Waals surface area contributed by atoms with Crippen molar-refractivity contribution < 1.29 is 13.2 Å². The minimum absolute atomic E-state index is 0.223. The van der Waals surface area contributed by atoms with Crippen LogP contribution in [0.1, 0.15) is 35.5 Å². The lowest BCUT2D eigenvalue weighted by Gasteiger charge is -2.11. The van der Waals surface area contributed by atoms with E-state index < -0.39 is 17.4 Å². The largest absolute Gasteiger partial charge is 0.419 e. The van der Waals surface area contributed by atoms with Gasteiger partial charge >= 0.3 is 6.18 Å². The number of alkyl halides is 3. The molecule has 0 amide bonds. The highest BCUT2D eigenvalue weighted by Crippen LogP contribution is 2.31. The van der Waals surface area contributed by atoms with Gasteiger partial charge in [0.15, 0.2) is 5.69 Å².